The van der Waals surface area contributed by atoms with Crippen LogP contribution in [0.1, 0.15) is 50.2 Å². The van der Waals surface area contributed by atoms with Gasteiger partial charge in [-0.2, -0.15) is 4.21 Å². The molecule has 2 fully saturated rings. The van der Waals surface area contributed by atoms with Gasteiger partial charge in [-0.05, 0) is 54.9 Å². The van der Waals surface area contributed by atoms with Crippen LogP contribution in [0, 0.1) is 5.92 Å². The van der Waals surface area contributed by atoms with Crippen molar-refractivity contribution < 1.29 is 26.8 Å². The highest BCUT2D eigenvalue weighted by molar-refractivity contribution is 7.75. The van der Waals surface area contributed by atoms with E-state index in [0.29, 0.717) is 37.2 Å². The van der Waals surface area contributed by atoms with E-state index < -0.39 is 28.5 Å². The highest BCUT2D eigenvalue weighted by Crippen LogP contribution is 2.64. The van der Waals surface area contributed by atoms with E-state index in [1.807, 2.05) is 43.3 Å². The number of Topliss-reactive ketones (excluding diaryl/α,β-unsaturated/α-hetero) is 1. The van der Waals surface area contributed by atoms with E-state index in [9.17, 15) is 9.00 Å². The molecule has 2 aliphatic carbocycles. The molecule has 3 aliphatic rings. The zero-order valence-corrected chi connectivity index (χ0v) is 24.4. The SMILES string of the molecule is COc1cccc2c1OC1C(=O)CCC3(OS(=O)OCCCc4ccc(-c5ccccc5)cc4)C(C)C(N)CCC213. The minimum atomic E-state index is -2.03. The molecule has 6 atom stereocenters. The molecule has 2 N–H and O–H groups in total. The van der Waals surface area contributed by atoms with Gasteiger partial charge < -0.3 is 15.2 Å². The smallest absolute Gasteiger partial charge is 0.305 e. The average molecular weight is 576 g/mol. The maximum Gasteiger partial charge on any atom is 0.305 e. The summed E-state index contributed by atoms with van der Waals surface area (Å²) in [6.45, 7) is 2.31. The Morgan fingerprint density at radius 2 is 1.76 bits per heavy atom. The van der Waals surface area contributed by atoms with Crippen LogP contribution in [-0.4, -0.2) is 41.5 Å². The second-order valence-electron chi connectivity index (χ2n) is 11.4. The van der Waals surface area contributed by atoms with Crippen molar-refractivity contribution >= 4 is 17.1 Å². The number of carbonyl (C=O) groups excluding carboxylic acids is 1. The van der Waals surface area contributed by atoms with Gasteiger partial charge in [0.25, 0.3) is 0 Å². The molecule has 8 heteroatoms. The van der Waals surface area contributed by atoms with E-state index >= 15 is 0 Å². The van der Waals surface area contributed by atoms with Gasteiger partial charge in [0.1, 0.15) is 5.60 Å². The topological polar surface area (TPSA) is 97.1 Å². The number of nitrogens with two attached hydrogens (primary N) is 1. The largest absolute Gasteiger partial charge is 0.493 e. The summed E-state index contributed by atoms with van der Waals surface area (Å²) in [7, 11) is 1.59. The predicted molar refractivity (Wildman–Crippen MR) is 158 cm³/mol. The van der Waals surface area contributed by atoms with E-state index in [2.05, 4.69) is 36.4 Å². The normalized spacial score (nSPS) is 29.1. The lowest BCUT2D eigenvalue weighted by atomic mass is 9.49. The van der Waals surface area contributed by atoms with Crippen molar-refractivity contribution in [2.75, 3.05) is 13.7 Å². The fourth-order valence-electron chi connectivity index (χ4n) is 7.30. The molecule has 1 spiro atoms. The van der Waals surface area contributed by atoms with Crippen molar-refractivity contribution in [3.63, 3.8) is 0 Å². The fraction of sp³-hybridized carbons (Fsp3) is 0.424. The van der Waals surface area contributed by atoms with Gasteiger partial charge in [-0.1, -0.05) is 73.7 Å². The van der Waals surface area contributed by atoms with E-state index in [1.165, 1.54) is 16.7 Å². The Morgan fingerprint density at radius 1 is 1.00 bits per heavy atom. The number of rotatable bonds is 9. The molecule has 41 heavy (non-hydrogen) atoms. The number of methoxy groups -OCH3 is 1. The summed E-state index contributed by atoms with van der Waals surface area (Å²) in [5, 5.41) is 0. The van der Waals surface area contributed by atoms with E-state index in [-0.39, 0.29) is 30.8 Å². The maximum absolute atomic E-state index is 13.4. The number of ether oxygens (including phenoxy) is 2. The second kappa shape index (κ2) is 11.3. The van der Waals surface area contributed by atoms with Crippen LogP contribution in [0.25, 0.3) is 11.1 Å². The van der Waals surface area contributed by atoms with Gasteiger partial charge in [-0.15, -0.1) is 0 Å². The number of carbonyl (C=O) groups is 1. The number of hydrogen-bond acceptors (Lipinski definition) is 7. The van der Waals surface area contributed by atoms with Crippen molar-refractivity contribution in [2.45, 2.75) is 68.6 Å². The van der Waals surface area contributed by atoms with Gasteiger partial charge >= 0.3 is 11.4 Å². The fourth-order valence-corrected chi connectivity index (χ4v) is 8.23. The van der Waals surface area contributed by atoms with Crippen LogP contribution in [0.4, 0.5) is 0 Å². The minimum absolute atomic E-state index is 0.0233. The molecule has 3 aromatic rings. The first kappa shape index (κ1) is 28.1. The van der Waals surface area contributed by atoms with Crippen LogP contribution in [0.5, 0.6) is 11.5 Å². The molecule has 216 valence electrons. The number of benzene rings is 3. The number of hydrogen-bond donors (Lipinski definition) is 1. The Kier molecular flexibility index (Phi) is 7.76. The zero-order valence-electron chi connectivity index (χ0n) is 23.5. The molecule has 1 aliphatic heterocycles. The lowest BCUT2D eigenvalue weighted by Gasteiger charge is -2.58. The van der Waals surface area contributed by atoms with E-state index in [1.54, 1.807) is 7.11 Å². The monoisotopic (exact) mass is 575 g/mol. The molecular formula is C33H37NO6S. The van der Waals surface area contributed by atoms with Gasteiger partial charge in [0.15, 0.2) is 23.4 Å². The van der Waals surface area contributed by atoms with E-state index in [4.69, 9.17) is 23.6 Å². The number of ketones is 1. The molecule has 3 aromatic carbocycles. The Labute approximate surface area is 244 Å². The molecule has 6 rings (SSSR count). The summed E-state index contributed by atoms with van der Waals surface area (Å²) >= 11 is -2.03. The molecule has 0 amide bonds. The second-order valence-corrected chi connectivity index (χ2v) is 12.2. The molecule has 0 bridgehead atoms. The molecule has 0 radical (unpaired) electrons. The molecule has 0 saturated heterocycles. The summed E-state index contributed by atoms with van der Waals surface area (Å²) in [4.78, 5) is 13.3. The van der Waals surface area contributed by atoms with Crippen LogP contribution in [0.15, 0.2) is 72.8 Å². The minimum Gasteiger partial charge on any atom is -0.493 e. The van der Waals surface area contributed by atoms with Crippen molar-refractivity contribution in [2.24, 2.45) is 11.7 Å². The van der Waals surface area contributed by atoms with E-state index in [0.717, 1.165) is 12.0 Å². The molecule has 1 heterocycles. The van der Waals surface area contributed by atoms with Crippen LogP contribution < -0.4 is 15.2 Å². The third-order valence-electron chi connectivity index (χ3n) is 9.47. The third kappa shape index (κ3) is 4.71. The van der Waals surface area contributed by atoms with Gasteiger partial charge in [0.05, 0.1) is 19.1 Å². The highest BCUT2D eigenvalue weighted by atomic mass is 32.2. The van der Waals surface area contributed by atoms with Gasteiger partial charge in [-0.3, -0.25) is 13.2 Å². The zero-order chi connectivity index (χ0) is 28.6. The average Bonchev–Trinajstić information content (AvgIpc) is 3.36. The molecule has 0 aromatic heterocycles. The Morgan fingerprint density at radius 3 is 2.51 bits per heavy atom. The summed E-state index contributed by atoms with van der Waals surface area (Å²) < 4.78 is 37.5. The first-order valence-electron chi connectivity index (χ1n) is 14.4. The molecule has 2 saturated carbocycles. The summed E-state index contributed by atoms with van der Waals surface area (Å²) in [6.07, 6.45) is 2.69. The van der Waals surface area contributed by atoms with Gasteiger partial charge in [0.2, 0.25) is 0 Å². The lowest BCUT2D eigenvalue weighted by molar-refractivity contribution is -0.163. The summed E-state index contributed by atoms with van der Waals surface area (Å²) in [6, 6.07) is 24.3. The number of aryl methyl sites for hydroxylation is 1. The standard InChI is InChI=1S/C33H37NO6S/c1-22-27(34)17-19-32-26-11-6-12-29(37-2)30(26)39-31(32)28(35)18-20-33(22,32)40-41(36)38-21-7-8-23-13-15-25(16-14-23)24-9-4-3-5-10-24/h3-6,9-16,22,27,31H,7-8,17-21,34H2,1-2H3. The first-order valence-corrected chi connectivity index (χ1v) is 15.4. The van der Waals surface area contributed by atoms with Crippen LogP contribution in [0.2, 0.25) is 0 Å². The molecule has 6 unspecified atom stereocenters. The molecular weight excluding hydrogens is 538 g/mol. The Hall–Kier alpha value is -3.04. The third-order valence-corrected chi connectivity index (χ3v) is 10.3. The lowest BCUT2D eigenvalue weighted by Crippen LogP contribution is -2.71. The predicted octanol–water partition coefficient (Wildman–Crippen LogP) is 5.46. The number of para-hydroxylation sites is 1. The number of fused-ring (bicyclic) bond motifs is 1. The van der Waals surface area contributed by atoms with Crippen LogP contribution in [0.3, 0.4) is 0 Å². The van der Waals surface area contributed by atoms with Crippen LogP contribution >= 0.6 is 0 Å². The first-order chi connectivity index (χ1) is 19.9. The van der Waals surface area contributed by atoms with Crippen molar-refractivity contribution in [1.82, 2.24) is 0 Å². The highest BCUT2D eigenvalue weighted by Gasteiger charge is 2.72. The Bertz CT molecular complexity index is 1430. The van der Waals surface area contributed by atoms with Crippen molar-refractivity contribution in [3.8, 4) is 22.6 Å². The Balaban J connectivity index is 1.17. The van der Waals surface area contributed by atoms with Crippen molar-refractivity contribution in [3.05, 3.63) is 83.9 Å². The van der Waals surface area contributed by atoms with Crippen LogP contribution in [-0.2, 0) is 36.4 Å². The molecule has 7 nitrogen and oxygen atoms in total. The van der Waals surface area contributed by atoms with Crippen molar-refractivity contribution in [1.29, 1.82) is 0 Å². The van der Waals surface area contributed by atoms with Gasteiger partial charge in [0, 0.05) is 23.9 Å². The van der Waals surface area contributed by atoms with Gasteiger partial charge in [-0.25, -0.2) is 0 Å². The summed E-state index contributed by atoms with van der Waals surface area (Å²) in [5.74, 6) is 0.985. The maximum atomic E-state index is 13.4. The quantitative estimate of drug-likeness (QED) is 0.338. The summed E-state index contributed by atoms with van der Waals surface area (Å²) in [5.41, 5.74) is 9.20.